The fraction of sp³-hybridized carbons (Fsp3) is 0.231. The average molecular weight is 327 g/mol. The van der Waals surface area contributed by atoms with Crippen LogP contribution in [0, 0.1) is 10.1 Å². The molecule has 1 aromatic heterocycles. The quantitative estimate of drug-likeness (QED) is 0.476. The minimum atomic E-state index is -0.638. The molecule has 0 saturated carbocycles. The van der Waals surface area contributed by atoms with E-state index in [1.165, 1.54) is 23.5 Å². The minimum absolute atomic E-state index is 0.0123. The Morgan fingerprint density at radius 1 is 1.52 bits per heavy atom. The number of non-ortho nitro benzene ring substituents is 1. The molecule has 1 aromatic carbocycles. The van der Waals surface area contributed by atoms with Gasteiger partial charge in [0.2, 0.25) is 0 Å². The number of rotatable bonds is 5. The fourth-order valence-corrected chi connectivity index (χ4v) is 2.56. The summed E-state index contributed by atoms with van der Waals surface area (Å²) in [7, 11) is 0. The van der Waals surface area contributed by atoms with Crippen molar-refractivity contribution >= 4 is 34.6 Å². The molecule has 0 amide bonds. The molecule has 0 atom stereocenters. The molecule has 21 heavy (non-hydrogen) atoms. The Bertz CT molecular complexity index is 687. The number of esters is 1. The number of carbonyl (C=O) groups is 1. The van der Waals surface area contributed by atoms with Crippen LogP contribution in [-0.4, -0.2) is 15.9 Å². The summed E-state index contributed by atoms with van der Waals surface area (Å²) in [5, 5.41) is 13.4. The summed E-state index contributed by atoms with van der Waals surface area (Å²) < 4.78 is 5.10. The highest BCUT2D eigenvalue weighted by Gasteiger charge is 2.16. The molecule has 0 bridgehead atoms. The van der Waals surface area contributed by atoms with Crippen LogP contribution in [0.4, 0.5) is 5.69 Å². The lowest BCUT2D eigenvalue weighted by Crippen LogP contribution is -2.06. The fourth-order valence-electron chi connectivity index (χ4n) is 1.58. The van der Waals surface area contributed by atoms with Crippen molar-refractivity contribution in [3.8, 4) is 0 Å². The van der Waals surface area contributed by atoms with E-state index < -0.39 is 10.9 Å². The first-order valence-corrected chi connectivity index (χ1v) is 7.31. The monoisotopic (exact) mass is 326 g/mol. The number of halogens is 1. The summed E-state index contributed by atoms with van der Waals surface area (Å²) in [6.07, 6.45) is 0.826. The molecule has 0 N–H and O–H groups in total. The van der Waals surface area contributed by atoms with E-state index in [0.717, 1.165) is 17.5 Å². The van der Waals surface area contributed by atoms with Crippen LogP contribution >= 0.6 is 22.9 Å². The topological polar surface area (TPSA) is 82.3 Å². The first kappa shape index (κ1) is 15.4. The second kappa shape index (κ2) is 6.64. The van der Waals surface area contributed by atoms with Crippen molar-refractivity contribution in [2.75, 3.05) is 0 Å². The standard InChI is InChI=1S/C13H11ClN2O4S/c1-2-12-15-8(7-21-12)6-20-13(17)10-4-3-9(16(18)19)5-11(10)14/h3-5,7H,2,6H2,1H3. The molecular formula is C13H11ClN2O4S. The Labute approximate surface area is 129 Å². The van der Waals surface area contributed by atoms with E-state index >= 15 is 0 Å². The van der Waals surface area contributed by atoms with Crippen molar-refractivity contribution < 1.29 is 14.5 Å². The van der Waals surface area contributed by atoms with Gasteiger partial charge in [-0.25, -0.2) is 9.78 Å². The first-order valence-electron chi connectivity index (χ1n) is 6.05. The summed E-state index contributed by atoms with van der Waals surface area (Å²) in [5.41, 5.74) is 0.583. The van der Waals surface area contributed by atoms with Crippen molar-refractivity contribution in [2.45, 2.75) is 20.0 Å². The summed E-state index contributed by atoms with van der Waals surface area (Å²) in [6, 6.07) is 3.61. The average Bonchev–Trinajstić information content (AvgIpc) is 2.92. The SMILES string of the molecule is CCc1nc(COC(=O)c2ccc([N+](=O)[O-])cc2Cl)cs1. The molecule has 0 aliphatic carbocycles. The highest BCUT2D eigenvalue weighted by Crippen LogP contribution is 2.23. The number of ether oxygens (including phenoxy) is 1. The van der Waals surface area contributed by atoms with Crippen molar-refractivity contribution in [1.29, 1.82) is 0 Å². The third kappa shape index (κ3) is 3.77. The Morgan fingerprint density at radius 3 is 2.86 bits per heavy atom. The second-order valence-electron chi connectivity index (χ2n) is 4.08. The smallest absolute Gasteiger partial charge is 0.340 e. The van der Waals surface area contributed by atoms with Gasteiger partial charge in [0.1, 0.15) is 6.61 Å². The van der Waals surface area contributed by atoms with Gasteiger partial charge in [0.05, 0.1) is 26.2 Å². The van der Waals surface area contributed by atoms with Crippen molar-refractivity contribution in [1.82, 2.24) is 4.98 Å². The zero-order valence-electron chi connectivity index (χ0n) is 11.0. The van der Waals surface area contributed by atoms with Crippen molar-refractivity contribution in [3.63, 3.8) is 0 Å². The van der Waals surface area contributed by atoms with Crippen LogP contribution in [0.1, 0.15) is 28.0 Å². The van der Waals surface area contributed by atoms with Crippen LogP contribution < -0.4 is 0 Å². The molecule has 1 heterocycles. The van der Waals surface area contributed by atoms with Gasteiger partial charge < -0.3 is 4.74 Å². The predicted octanol–water partition coefficient (Wildman–Crippen LogP) is 3.62. The van der Waals surface area contributed by atoms with E-state index in [2.05, 4.69) is 4.98 Å². The molecule has 0 saturated heterocycles. The van der Waals surface area contributed by atoms with Gasteiger partial charge in [-0.1, -0.05) is 18.5 Å². The van der Waals surface area contributed by atoms with E-state index in [9.17, 15) is 14.9 Å². The van der Waals surface area contributed by atoms with Crippen molar-refractivity contribution in [2.24, 2.45) is 0 Å². The Hall–Kier alpha value is -1.99. The minimum Gasteiger partial charge on any atom is -0.456 e. The number of thiazole rings is 1. The third-order valence-corrected chi connectivity index (χ3v) is 3.99. The number of aromatic nitrogens is 1. The number of hydrogen-bond acceptors (Lipinski definition) is 6. The molecular weight excluding hydrogens is 316 g/mol. The molecule has 110 valence electrons. The Kier molecular flexibility index (Phi) is 4.87. The van der Waals surface area contributed by atoms with Gasteiger partial charge in [-0.05, 0) is 12.5 Å². The van der Waals surface area contributed by atoms with Gasteiger partial charge in [0.25, 0.3) is 5.69 Å². The highest BCUT2D eigenvalue weighted by molar-refractivity contribution is 7.09. The Balaban J connectivity index is 2.04. The molecule has 2 rings (SSSR count). The number of benzene rings is 1. The number of hydrogen-bond donors (Lipinski definition) is 0. The van der Waals surface area contributed by atoms with Gasteiger partial charge >= 0.3 is 5.97 Å². The molecule has 0 aliphatic heterocycles. The second-order valence-corrected chi connectivity index (χ2v) is 5.43. The normalized spacial score (nSPS) is 10.4. The van der Waals surface area contributed by atoms with Gasteiger partial charge in [0, 0.05) is 17.5 Å². The number of carbonyl (C=O) groups excluding carboxylic acids is 1. The molecule has 0 unspecified atom stereocenters. The summed E-state index contributed by atoms with van der Waals surface area (Å²) >= 11 is 7.36. The zero-order valence-corrected chi connectivity index (χ0v) is 12.6. The van der Waals surface area contributed by atoms with E-state index in [1.54, 1.807) is 0 Å². The lowest BCUT2D eigenvalue weighted by Gasteiger charge is -2.04. The molecule has 0 aliphatic rings. The number of nitrogens with zero attached hydrogens (tertiary/aromatic N) is 2. The summed E-state index contributed by atoms with van der Waals surface area (Å²) in [5.74, 6) is -0.638. The van der Waals surface area contributed by atoms with Crippen LogP contribution in [-0.2, 0) is 17.8 Å². The molecule has 0 fully saturated rings. The maximum absolute atomic E-state index is 11.9. The lowest BCUT2D eigenvalue weighted by atomic mass is 10.2. The number of nitro benzene ring substituents is 1. The van der Waals surface area contributed by atoms with E-state index in [4.69, 9.17) is 16.3 Å². The van der Waals surface area contributed by atoms with Gasteiger partial charge in [-0.3, -0.25) is 10.1 Å². The largest absolute Gasteiger partial charge is 0.456 e. The number of aryl methyl sites for hydroxylation is 1. The molecule has 8 heteroatoms. The summed E-state index contributed by atoms with van der Waals surface area (Å²) in [4.78, 5) is 26.2. The predicted molar refractivity (Wildman–Crippen MR) is 78.7 cm³/mol. The molecule has 6 nitrogen and oxygen atoms in total. The van der Waals surface area contributed by atoms with Crippen LogP contribution in [0.15, 0.2) is 23.6 Å². The van der Waals surface area contributed by atoms with E-state index in [1.807, 2.05) is 12.3 Å². The van der Waals surface area contributed by atoms with Crippen LogP contribution in [0.25, 0.3) is 0 Å². The van der Waals surface area contributed by atoms with Crippen molar-refractivity contribution in [3.05, 3.63) is 55.0 Å². The maximum Gasteiger partial charge on any atom is 0.340 e. The van der Waals surface area contributed by atoms with Gasteiger partial charge in [-0.15, -0.1) is 11.3 Å². The first-order chi connectivity index (χ1) is 10.0. The lowest BCUT2D eigenvalue weighted by molar-refractivity contribution is -0.384. The zero-order chi connectivity index (χ0) is 15.4. The highest BCUT2D eigenvalue weighted by atomic mass is 35.5. The van der Waals surface area contributed by atoms with Crippen LogP contribution in [0.3, 0.4) is 0 Å². The van der Waals surface area contributed by atoms with E-state index in [0.29, 0.717) is 5.69 Å². The summed E-state index contributed by atoms with van der Waals surface area (Å²) in [6.45, 7) is 2.04. The van der Waals surface area contributed by atoms with Crippen LogP contribution in [0.2, 0.25) is 5.02 Å². The third-order valence-electron chi connectivity index (χ3n) is 2.64. The van der Waals surface area contributed by atoms with Crippen LogP contribution in [0.5, 0.6) is 0 Å². The molecule has 2 aromatic rings. The van der Waals surface area contributed by atoms with Gasteiger partial charge in [0.15, 0.2) is 0 Å². The Morgan fingerprint density at radius 2 is 2.29 bits per heavy atom. The maximum atomic E-state index is 11.9. The van der Waals surface area contributed by atoms with E-state index in [-0.39, 0.29) is 22.9 Å². The molecule has 0 spiro atoms. The van der Waals surface area contributed by atoms with Gasteiger partial charge in [-0.2, -0.15) is 0 Å². The number of nitro groups is 1. The molecule has 0 radical (unpaired) electrons.